The quantitative estimate of drug-likeness (QED) is 0.903. The Hall–Kier alpha value is -0.820. The smallest absolute Gasteiger partial charge is 0.109 e. The van der Waals surface area contributed by atoms with Gasteiger partial charge in [-0.2, -0.15) is 0 Å². The van der Waals surface area contributed by atoms with Crippen LogP contribution in [0.15, 0.2) is 16.3 Å². The van der Waals surface area contributed by atoms with Crippen LogP contribution in [0.3, 0.4) is 0 Å². The molecule has 1 atom stereocenters. The SMILES string of the molecule is CC(N)c1nc(CN(C)Cc2cscn2)cs1. The molecule has 4 nitrogen and oxygen atoms in total. The maximum Gasteiger partial charge on any atom is 0.109 e. The second-order valence-corrected chi connectivity index (χ2v) is 5.73. The van der Waals surface area contributed by atoms with Gasteiger partial charge in [0.25, 0.3) is 0 Å². The van der Waals surface area contributed by atoms with Gasteiger partial charge in [0.05, 0.1) is 22.9 Å². The van der Waals surface area contributed by atoms with Crippen molar-refractivity contribution in [1.82, 2.24) is 14.9 Å². The molecule has 0 saturated carbocycles. The highest BCUT2D eigenvalue weighted by Crippen LogP contribution is 2.17. The molecule has 6 heteroatoms. The van der Waals surface area contributed by atoms with Crippen molar-refractivity contribution < 1.29 is 0 Å². The zero-order chi connectivity index (χ0) is 12.3. The normalized spacial score (nSPS) is 13.2. The second-order valence-electron chi connectivity index (χ2n) is 4.12. The summed E-state index contributed by atoms with van der Waals surface area (Å²) in [5, 5.41) is 5.16. The standard InChI is InChI=1S/C11H16N4S2/c1-8(12)11-14-10(6-17-11)4-15(2)3-9-5-16-7-13-9/h5-8H,3-4,12H2,1-2H3. The van der Waals surface area contributed by atoms with Crippen molar-refractivity contribution in [3.05, 3.63) is 32.7 Å². The average Bonchev–Trinajstić information content (AvgIpc) is 2.88. The molecule has 0 spiro atoms. The van der Waals surface area contributed by atoms with Gasteiger partial charge < -0.3 is 5.73 Å². The van der Waals surface area contributed by atoms with E-state index in [1.165, 1.54) is 0 Å². The minimum absolute atomic E-state index is 0.0256. The third kappa shape index (κ3) is 3.57. The summed E-state index contributed by atoms with van der Waals surface area (Å²) in [6.07, 6.45) is 0. The number of rotatable bonds is 5. The number of nitrogens with zero attached hydrogens (tertiary/aromatic N) is 3. The molecule has 0 aliphatic rings. The van der Waals surface area contributed by atoms with Crippen molar-refractivity contribution in [3.63, 3.8) is 0 Å². The highest BCUT2D eigenvalue weighted by Gasteiger charge is 2.08. The Kier molecular flexibility index (Phi) is 4.22. The van der Waals surface area contributed by atoms with E-state index >= 15 is 0 Å². The molecule has 0 amide bonds. The van der Waals surface area contributed by atoms with Crippen LogP contribution in [0, 0.1) is 0 Å². The number of hydrogen-bond donors (Lipinski definition) is 1. The number of nitrogens with two attached hydrogens (primary N) is 1. The third-order valence-corrected chi connectivity index (χ3v) is 4.04. The molecular weight excluding hydrogens is 252 g/mol. The predicted octanol–water partition coefficient (Wildman–Crippen LogP) is 2.25. The van der Waals surface area contributed by atoms with Gasteiger partial charge in [0.1, 0.15) is 5.01 Å². The molecule has 0 aromatic carbocycles. The fourth-order valence-electron chi connectivity index (χ4n) is 1.53. The van der Waals surface area contributed by atoms with Crippen LogP contribution in [0.1, 0.15) is 29.4 Å². The van der Waals surface area contributed by atoms with Crippen LogP contribution in [0.25, 0.3) is 0 Å². The molecule has 2 aromatic rings. The molecule has 1 unspecified atom stereocenters. The van der Waals surface area contributed by atoms with Gasteiger partial charge >= 0.3 is 0 Å². The van der Waals surface area contributed by atoms with Crippen molar-refractivity contribution in [2.24, 2.45) is 5.73 Å². The average molecular weight is 268 g/mol. The van der Waals surface area contributed by atoms with E-state index in [0.29, 0.717) is 0 Å². The molecule has 2 rings (SSSR count). The molecule has 2 heterocycles. The molecule has 17 heavy (non-hydrogen) atoms. The lowest BCUT2D eigenvalue weighted by molar-refractivity contribution is 0.312. The van der Waals surface area contributed by atoms with Crippen LogP contribution < -0.4 is 5.73 Å². The minimum Gasteiger partial charge on any atom is -0.322 e. The molecule has 2 N–H and O–H groups in total. The molecule has 0 bridgehead atoms. The van der Waals surface area contributed by atoms with Gasteiger partial charge in [0.2, 0.25) is 0 Å². The summed E-state index contributed by atoms with van der Waals surface area (Å²) < 4.78 is 0. The van der Waals surface area contributed by atoms with Gasteiger partial charge in [-0.15, -0.1) is 22.7 Å². The highest BCUT2D eigenvalue weighted by atomic mass is 32.1. The topological polar surface area (TPSA) is 55.0 Å². The summed E-state index contributed by atoms with van der Waals surface area (Å²) >= 11 is 3.26. The van der Waals surface area contributed by atoms with E-state index in [-0.39, 0.29) is 6.04 Å². The monoisotopic (exact) mass is 268 g/mol. The van der Waals surface area contributed by atoms with Crippen molar-refractivity contribution >= 4 is 22.7 Å². The summed E-state index contributed by atoms with van der Waals surface area (Å²) in [6, 6.07) is 0.0256. The Labute approximate surface area is 109 Å². The summed E-state index contributed by atoms with van der Waals surface area (Å²) in [7, 11) is 2.07. The van der Waals surface area contributed by atoms with Crippen molar-refractivity contribution in [3.8, 4) is 0 Å². The fourth-order valence-corrected chi connectivity index (χ4v) is 2.85. The van der Waals surface area contributed by atoms with Gasteiger partial charge in [0, 0.05) is 23.8 Å². The Balaban J connectivity index is 1.91. The van der Waals surface area contributed by atoms with Gasteiger partial charge in [-0.05, 0) is 14.0 Å². The second kappa shape index (κ2) is 5.68. The molecule has 0 aliphatic heterocycles. The third-order valence-electron chi connectivity index (χ3n) is 2.31. The van der Waals surface area contributed by atoms with Crippen LogP contribution in [0.4, 0.5) is 0 Å². The summed E-state index contributed by atoms with van der Waals surface area (Å²) in [6.45, 7) is 3.65. The Morgan fingerprint density at radius 1 is 1.35 bits per heavy atom. The van der Waals surface area contributed by atoms with E-state index in [2.05, 4.69) is 32.7 Å². The molecule has 0 aliphatic carbocycles. The van der Waals surface area contributed by atoms with Crippen LogP contribution in [0.5, 0.6) is 0 Å². The summed E-state index contributed by atoms with van der Waals surface area (Å²) in [4.78, 5) is 11.0. The number of thiazole rings is 2. The molecule has 92 valence electrons. The first kappa shape index (κ1) is 12.6. The Bertz CT molecular complexity index is 450. The van der Waals surface area contributed by atoms with Crippen LogP contribution in [-0.4, -0.2) is 21.9 Å². The van der Waals surface area contributed by atoms with E-state index in [1.807, 2.05) is 12.4 Å². The maximum absolute atomic E-state index is 5.79. The first-order valence-corrected chi connectivity index (χ1v) is 7.23. The molecular formula is C11H16N4S2. The largest absolute Gasteiger partial charge is 0.322 e. The Morgan fingerprint density at radius 2 is 2.12 bits per heavy atom. The zero-order valence-electron chi connectivity index (χ0n) is 9.96. The fraction of sp³-hybridized carbons (Fsp3) is 0.455. The molecule has 0 saturated heterocycles. The molecule has 0 radical (unpaired) electrons. The first-order valence-electron chi connectivity index (χ1n) is 5.40. The summed E-state index contributed by atoms with van der Waals surface area (Å²) in [5.41, 5.74) is 9.85. The number of aromatic nitrogens is 2. The van der Waals surface area contributed by atoms with Crippen molar-refractivity contribution in [1.29, 1.82) is 0 Å². The van der Waals surface area contributed by atoms with Gasteiger partial charge in [-0.1, -0.05) is 0 Å². The van der Waals surface area contributed by atoms with Crippen molar-refractivity contribution in [2.75, 3.05) is 7.05 Å². The number of hydrogen-bond acceptors (Lipinski definition) is 6. The van der Waals surface area contributed by atoms with Crippen molar-refractivity contribution in [2.45, 2.75) is 26.1 Å². The zero-order valence-corrected chi connectivity index (χ0v) is 11.6. The van der Waals surface area contributed by atoms with Crippen LogP contribution in [-0.2, 0) is 13.1 Å². The van der Waals surface area contributed by atoms with Crippen LogP contribution in [0.2, 0.25) is 0 Å². The molecule has 2 aromatic heterocycles. The lowest BCUT2D eigenvalue weighted by Crippen LogP contribution is -2.17. The first-order chi connectivity index (χ1) is 8.15. The van der Waals surface area contributed by atoms with Crippen LogP contribution >= 0.6 is 22.7 Å². The van der Waals surface area contributed by atoms with Gasteiger partial charge in [0.15, 0.2) is 0 Å². The maximum atomic E-state index is 5.79. The summed E-state index contributed by atoms with van der Waals surface area (Å²) in [5.74, 6) is 0. The lowest BCUT2D eigenvalue weighted by Gasteiger charge is -2.13. The van der Waals surface area contributed by atoms with Gasteiger partial charge in [-0.25, -0.2) is 9.97 Å². The van der Waals surface area contributed by atoms with E-state index in [0.717, 1.165) is 29.5 Å². The Morgan fingerprint density at radius 3 is 2.71 bits per heavy atom. The van der Waals surface area contributed by atoms with E-state index in [1.54, 1.807) is 22.7 Å². The van der Waals surface area contributed by atoms with E-state index in [4.69, 9.17) is 5.73 Å². The molecule has 0 fully saturated rings. The predicted molar refractivity (Wildman–Crippen MR) is 72.0 cm³/mol. The van der Waals surface area contributed by atoms with E-state index in [9.17, 15) is 0 Å². The lowest BCUT2D eigenvalue weighted by atomic mass is 10.3. The van der Waals surface area contributed by atoms with E-state index < -0.39 is 0 Å². The highest BCUT2D eigenvalue weighted by molar-refractivity contribution is 7.09. The van der Waals surface area contributed by atoms with Gasteiger partial charge in [-0.3, -0.25) is 4.90 Å². The minimum atomic E-state index is 0.0256.